The molecule has 2 amide bonds. The Morgan fingerprint density at radius 1 is 1.23 bits per heavy atom. The first kappa shape index (κ1) is 16.1. The van der Waals surface area contributed by atoms with Gasteiger partial charge in [-0.15, -0.1) is 0 Å². The van der Waals surface area contributed by atoms with Crippen LogP contribution in [0, 0.1) is 0 Å². The number of benzene rings is 1. The number of piperazine rings is 1. The van der Waals surface area contributed by atoms with Crippen LogP contribution in [0.4, 0.5) is 9.59 Å². The van der Waals surface area contributed by atoms with Gasteiger partial charge in [-0.25, -0.2) is 9.59 Å². The van der Waals surface area contributed by atoms with Crippen LogP contribution < -0.4 is 0 Å². The van der Waals surface area contributed by atoms with E-state index < -0.39 is 18.2 Å². The number of carbonyl (C=O) groups is 2. The molecule has 120 valence electrons. The molecule has 1 unspecified atom stereocenters. The molecule has 22 heavy (non-hydrogen) atoms. The highest BCUT2D eigenvalue weighted by atomic mass is 16.6. The lowest BCUT2D eigenvalue weighted by Crippen LogP contribution is -2.56. The summed E-state index contributed by atoms with van der Waals surface area (Å²) in [7, 11) is 0. The third-order valence-corrected chi connectivity index (χ3v) is 3.65. The molecule has 0 bridgehead atoms. The van der Waals surface area contributed by atoms with Crippen LogP contribution >= 0.6 is 0 Å². The first-order valence-electron chi connectivity index (χ1n) is 7.18. The zero-order valence-corrected chi connectivity index (χ0v) is 12.2. The van der Waals surface area contributed by atoms with Gasteiger partial charge in [0, 0.05) is 26.2 Å². The summed E-state index contributed by atoms with van der Waals surface area (Å²) in [6, 6.07) is 8.95. The minimum atomic E-state index is -1.03. The van der Waals surface area contributed by atoms with E-state index in [-0.39, 0.29) is 26.3 Å². The Bertz CT molecular complexity index is 508. The van der Waals surface area contributed by atoms with E-state index in [9.17, 15) is 9.59 Å². The average Bonchev–Trinajstić information content (AvgIpc) is 2.53. The van der Waals surface area contributed by atoms with Crippen molar-refractivity contribution < 1.29 is 24.5 Å². The third-order valence-electron chi connectivity index (χ3n) is 3.65. The molecule has 2 N–H and O–H groups in total. The molecule has 1 saturated heterocycles. The fourth-order valence-corrected chi connectivity index (χ4v) is 2.48. The Kier molecular flexibility index (Phi) is 5.60. The van der Waals surface area contributed by atoms with Crippen molar-refractivity contribution in [3.8, 4) is 0 Å². The van der Waals surface area contributed by atoms with Crippen molar-refractivity contribution in [3.05, 3.63) is 35.9 Å². The van der Waals surface area contributed by atoms with Crippen LogP contribution in [-0.4, -0.2) is 64.5 Å². The largest absolute Gasteiger partial charge is 0.465 e. The molecule has 0 radical (unpaired) electrons. The van der Waals surface area contributed by atoms with Crippen LogP contribution in [0.1, 0.15) is 12.0 Å². The number of hydrogen-bond acceptors (Lipinski definition) is 4. The number of amides is 2. The number of ether oxygens (including phenoxy) is 1. The number of aliphatic hydroxyl groups is 1. The zero-order chi connectivity index (χ0) is 15.9. The van der Waals surface area contributed by atoms with E-state index in [2.05, 4.69) is 0 Å². The van der Waals surface area contributed by atoms with Crippen molar-refractivity contribution in [2.45, 2.75) is 19.1 Å². The molecular formula is C15H20N2O5. The Morgan fingerprint density at radius 3 is 2.59 bits per heavy atom. The van der Waals surface area contributed by atoms with Crippen molar-refractivity contribution in [1.82, 2.24) is 9.80 Å². The molecule has 1 aliphatic rings. The first-order chi connectivity index (χ1) is 10.6. The highest BCUT2D eigenvalue weighted by Gasteiger charge is 2.32. The molecule has 1 aliphatic heterocycles. The second-order valence-corrected chi connectivity index (χ2v) is 5.13. The molecule has 0 aromatic heterocycles. The van der Waals surface area contributed by atoms with Crippen LogP contribution in [0.5, 0.6) is 0 Å². The summed E-state index contributed by atoms with van der Waals surface area (Å²) in [4.78, 5) is 26.0. The normalized spacial score (nSPS) is 18.1. The number of nitrogens with zero attached hydrogens (tertiary/aromatic N) is 2. The zero-order valence-electron chi connectivity index (χ0n) is 12.2. The van der Waals surface area contributed by atoms with Crippen molar-refractivity contribution in [3.63, 3.8) is 0 Å². The van der Waals surface area contributed by atoms with E-state index >= 15 is 0 Å². The average molecular weight is 308 g/mol. The monoisotopic (exact) mass is 308 g/mol. The van der Waals surface area contributed by atoms with Crippen LogP contribution in [0.15, 0.2) is 30.3 Å². The van der Waals surface area contributed by atoms with Gasteiger partial charge in [-0.2, -0.15) is 0 Å². The molecule has 0 saturated carbocycles. The van der Waals surface area contributed by atoms with Gasteiger partial charge >= 0.3 is 12.2 Å². The van der Waals surface area contributed by atoms with Crippen LogP contribution in [0.2, 0.25) is 0 Å². The molecule has 1 heterocycles. The SMILES string of the molecule is O=C(OCc1ccccc1)N1CCN(C(=O)O)C(CCO)C1. The second kappa shape index (κ2) is 7.65. The summed E-state index contributed by atoms with van der Waals surface area (Å²) in [5.41, 5.74) is 0.895. The molecule has 2 rings (SSSR count). The maximum atomic E-state index is 12.1. The number of carboxylic acid groups (broad SMARTS) is 1. The van der Waals surface area contributed by atoms with Gasteiger partial charge in [0.2, 0.25) is 0 Å². The van der Waals surface area contributed by atoms with E-state index in [1.165, 1.54) is 9.80 Å². The predicted octanol–water partition coefficient (Wildman–Crippen LogP) is 1.37. The summed E-state index contributed by atoms with van der Waals surface area (Å²) < 4.78 is 5.25. The number of aliphatic hydroxyl groups excluding tert-OH is 1. The van der Waals surface area contributed by atoms with Gasteiger partial charge in [0.1, 0.15) is 6.61 Å². The lowest BCUT2D eigenvalue weighted by molar-refractivity contribution is 0.0400. The van der Waals surface area contributed by atoms with Crippen LogP contribution in [-0.2, 0) is 11.3 Å². The molecule has 1 aromatic carbocycles. The maximum absolute atomic E-state index is 12.1. The van der Waals surface area contributed by atoms with Gasteiger partial charge < -0.3 is 24.7 Å². The van der Waals surface area contributed by atoms with Gasteiger partial charge in [0.15, 0.2) is 0 Å². The van der Waals surface area contributed by atoms with Crippen molar-refractivity contribution >= 4 is 12.2 Å². The minimum Gasteiger partial charge on any atom is -0.465 e. The molecule has 1 fully saturated rings. The first-order valence-corrected chi connectivity index (χ1v) is 7.18. The molecule has 1 aromatic rings. The fraction of sp³-hybridized carbons (Fsp3) is 0.467. The molecule has 0 aliphatic carbocycles. The van der Waals surface area contributed by atoms with Gasteiger partial charge in [-0.1, -0.05) is 30.3 Å². The summed E-state index contributed by atoms with van der Waals surface area (Å²) in [5, 5.41) is 18.2. The van der Waals surface area contributed by atoms with Crippen LogP contribution in [0.3, 0.4) is 0 Å². The van der Waals surface area contributed by atoms with Crippen LogP contribution in [0.25, 0.3) is 0 Å². The van der Waals surface area contributed by atoms with Gasteiger partial charge in [-0.3, -0.25) is 0 Å². The Labute approximate surface area is 128 Å². The Balaban J connectivity index is 1.89. The predicted molar refractivity (Wildman–Crippen MR) is 78.4 cm³/mol. The van der Waals surface area contributed by atoms with E-state index in [1.807, 2.05) is 30.3 Å². The second-order valence-electron chi connectivity index (χ2n) is 5.13. The van der Waals surface area contributed by atoms with Gasteiger partial charge in [-0.05, 0) is 12.0 Å². The Hall–Kier alpha value is -2.28. The molecule has 7 nitrogen and oxygen atoms in total. The van der Waals surface area contributed by atoms with E-state index in [4.69, 9.17) is 14.9 Å². The minimum absolute atomic E-state index is 0.124. The number of hydrogen-bond donors (Lipinski definition) is 2. The lowest BCUT2D eigenvalue weighted by Gasteiger charge is -2.39. The number of rotatable bonds is 4. The molecule has 0 spiro atoms. The van der Waals surface area contributed by atoms with Gasteiger partial charge in [0.25, 0.3) is 0 Å². The fourth-order valence-electron chi connectivity index (χ4n) is 2.48. The van der Waals surface area contributed by atoms with Crippen molar-refractivity contribution in [2.24, 2.45) is 0 Å². The summed E-state index contributed by atoms with van der Waals surface area (Å²) in [6.45, 7) is 0.813. The summed E-state index contributed by atoms with van der Waals surface area (Å²) >= 11 is 0. The smallest absolute Gasteiger partial charge is 0.410 e. The molecule has 7 heteroatoms. The maximum Gasteiger partial charge on any atom is 0.410 e. The topological polar surface area (TPSA) is 90.3 Å². The summed E-state index contributed by atoms with van der Waals surface area (Å²) in [5.74, 6) is 0. The highest BCUT2D eigenvalue weighted by Crippen LogP contribution is 2.14. The van der Waals surface area contributed by atoms with Crippen molar-refractivity contribution in [2.75, 3.05) is 26.2 Å². The third kappa shape index (κ3) is 4.11. The van der Waals surface area contributed by atoms with E-state index in [0.717, 1.165) is 5.56 Å². The van der Waals surface area contributed by atoms with E-state index in [0.29, 0.717) is 13.0 Å². The molecular weight excluding hydrogens is 288 g/mol. The quantitative estimate of drug-likeness (QED) is 0.876. The van der Waals surface area contributed by atoms with Gasteiger partial charge in [0.05, 0.1) is 6.04 Å². The number of carbonyl (C=O) groups excluding carboxylic acids is 1. The lowest BCUT2D eigenvalue weighted by atomic mass is 10.1. The van der Waals surface area contributed by atoms with E-state index in [1.54, 1.807) is 0 Å². The standard InChI is InChI=1S/C15H20N2O5/c18-9-6-13-10-16(7-8-17(13)14(19)20)15(21)22-11-12-4-2-1-3-5-12/h1-5,13,18H,6-11H2,(H,19,20). The summed E-state index contributed by atoms with van der Waals surface area (Å²) in [6.07, 6.45) is -1.19. The highest BCUT2D eigenvalue weighted by molar-refractivity contribution is 5.69. The Morgan fingerprint density at radius 2 is 1.95 bits per heavy atom. The molecule has 1 atom stereocenters. The van der Waals surface area contributed by atoms with Crippen molar-refractivity contribution in [1.29, 1.82) is 0 Å².